The summed E-state index contributed by atoms with van der Waals surface area (Å²) in [4.78, 5) is 14.1. The molecule has 1 aromatic rings. The summed E-state index contributed by atoms with van der Waals surface area (Å²) in [6, 6.07) is 3.52. The van der Waals surface area contributed by atoms with Gasteiger partial charge in [0.15, 0.2) is 0 Å². The van der Waals surface area contributed by atoms with Gasteiger partial charge in [0.1, 0.15) is 5.76 Å². The van der Waals surface area contributed by atoms with Crippen molar-refractivity contribution >= 4 is 5.91 Å². The number of morpholine rings is 1. The lowest BCUT2D eigenvalue weighted by atomic mass is 10.1. The van der Waals surface area contributed by atoms with Crippen LogP contribution in [0.3, 0.4) is 0 Å². The Hall–Kier alpha value is -1.37. The van der Waals surface area contributed by atoms with Gasteiger partial charge in [-0.3, -0.25) is 9.69 Å². The van der Waals surface area contributed by atoms with Gasteiger partial charge in [0.05, 0.1) is 31.6 Å². The van der Waals surface area contributed by atoms with Crippen LogP contribution in [-0.2, 0) is 9.53 Å². The summed E-state index contributed by atoms with van der Waals surface area (Å²) in [6.45, 7) is 6.25. The second kappa shape index (κ2) is 6.88. The van der Waals surface area contributed by atoms with Crippen LogP contribution in [0, 0.1) is 0 Å². The normalized spacial score (nSPS) is 23.2. The van der Waals surface area contributed by atoms with Crippen molar-refractivity contribution < 1.29 is 13.9 Å². The Kier molecular flexibility index (Phi) is 5.17. The average molecular weight is 281 g/mol. The number of nitrogens with one attached hydrogen (secondary N) is 1. The monoisotopic (exact) mass is 281 g/mol. The van der Waals surface area contributed by atoms with E-state index < -0.39 is 0 Å². The van der Waals surface area contributed by atoms with E-state index in [1.165, 1.54) is 0 Å². The highest BCUT2D eigenvalue weighted by Gasteiger charge is 2.25. The van der Waals surface area contributed by atoms with Crippen LogP contribution in [0.2, 0.25) is 0 Å². The number of hydrogen-bond acceptors (Lipinski definition) is 5. The van der Waals surface area contributed by atoms with Gasteiger partial charge >= 0.3 is 0 Å². The number of amides is 1. The molecule has 1 aromatic heterocycles. The van der Waals surface area contributed by atoms with Gasteiger partial charge in [-0.1, -0.05) is 0 Å². The van der Waals surface area contributed by atoms with E-state index in [-0.39, 0.29) is 24.1 Å². The molecule has 1 amide bonds. The Morgan fingerprint density at radius 1 is 1.60 bits per heavy atom. The maximum atomic E-state index is 12.0. The molecule has 1 saturated heterocycles. The maximum absolute atomic E-state index is 12.0. The highest BCUT2D eigenvalue weighted by molar-refractivity contribution is 5.78. The van der Waals surface area contributed by atoms with Gasteiger partial charge < -0.3 is 20.2 Å². The summed E-state index contributed by atoms with van der Waals surface area (Å²) in [5, 5.41) is 2.93. The second-order valence-corrected chi connectivity index (χ2v) is 5.31. The molecule has 20 heavy (non-hydrogen) atoms. The molecule has 0 saturated carbocycles. The standard InChI is InChI=1S/C14H23N3O3/c1-10(15)13-8-17(5-7-20-13)9-14(18)16-11(2)12-4-3-6-19-12/h3-4,6,10-11,13H,5,7-9,15H2,1-2H3,(H,16,18). The van der Waals surface area contributed by atoms with Crippen LogP contribution in [0.15, 0.2) is 22.8 Å². The first kappa shape index (κ1) is 15.0. The van der Waals surface area contributed by atoms with Crippen molar-refractivity contribution in [3.63, 3.8) is 0 Å². The molecule has 1 aliphatic heterocycles. The van der Waals surface area contributed by atoms with Gasteiger partial charge in [-0.05, 0) is 26.0 Å². The molecule has 112 valence electrons. The molecule has 6 nitrogen and oxygen atoms in total. The molecule has 0 aliphatic carbocycles. The summed E-state index contributed by atoms with van der Waals surface area (Å²) in [5.41, 5.74) is 5.84. The molecular formula is C14H23N3O3. The molecule has 2 heterocycles. The van der Waals surface area contributed by atoms with Crippen LogP contribution in [0.4, 0.5) is 0 Å². The smallest absolute Gasteiger partial charge is 0.234 e. The molecule has 3 atom stereocenters. The highest BCUT2D eigenvalue weighted by atomic mass is 16.5. The first-order chi connectivity index (χ1) is 9.56. The zero-order chi connectivity index (χ0) is 14.5. The van der Waals surface area contributed by atoms with Crippen molar-refractivity contribution in [2.24, 2.45) is 5.73 Å². The number of nitrogens with zero attached hydrogens (tertiary/aromatic N) is 1. The molecule has 3 N–H and O–H groups in total. The van der Waals surface area contributed by atoms with Crippen LogP contribution in [0.5, 0.6) is 0 Å². The maximum Gasteiger partial charge on any atom is 0.234 e. The van der Waals surface area contributed by atoms with Gasteiger partial charge in [-0.25, -0.2) is 0 Å². The van der Waals surface area contributed by atoms with Gasteiger partial charge in [0.25, 0.3) is 0 Å². The molecular weight excluding hydrogens is 258 g/mol. The number of hydrogen-bond donors (Lipinski definition) is 2. The van der Waals surface area contributed by atoms with Crippen molar-refractivity contribution in [2.45, 2.75) is 32.0 Å². The summed E-state index contributed by atoms with van der Waals surface area (Å²) in [7, 11) is 0. The van der Waals surface area contributed by atoms with E-state index in [1.807, 2.05) is 26.0 Å². The molecule has 1 fully saturated rings. The van der Waals surface area contributed by atoms with Crippen LogP contribution in [0.25, 0.3) is 0 Å². The minimum atomic E-state index is -0.122. The third-order valence-corrected chi connectivity index (χ3v) is 3.48. The van der Waals surface area contributed by atoms with E-state index in [4.69, 9.17) is 14.9 Å². The van der Waals surface area contributed by atoms with Crippen LogP contribution in [-0.4, -0.2) is 49.2 Å². The number of furan rings is 1. The molecule has 0 radical (unpaired) electrons. The van der Waals surface area contributed by atoms with Gasteiger partial charge in [-0.2, -0.15) is 0 Å². The average Bonchev–Trinajstić information content (AvgIpc) is 2.92. The lowest BCUT2D eigenvalue weighted by molar-refractivity contribution is -0.125. The first-order valence-corrected chi connectivity index (χ1v) is 6.98. The third kappa shape index (κ3) is 4.06. The number of nitrogens with two attached hydrogens (primary N) is 1. The molecule has 6 heteroatoms. The van der Waals surface area contributed by atoms with Crippen molar-refractivity contribution in [3.05, 3.63) is 24.2 Å². The van der Waals surface area contributed by atoms with Crippen molar-refractivity contribution in [1.29, 1.82) is 0 Å². The topological polar surface area (TPSA) is 80.7 Å². The third-order valence-electron chi connectivity index (χ3n) is 3.48. The van der Waals surface area contributed by atoms with E-state index in [2.05, 4.69) is 10.2 Å². The second-order valence-electron chi connectivity index (χ2n) is 5.31. The zero-order valence-corrected chi connectivity index (χ0v) is 12.0. The van der Waals surface area contributed by atoms with E-state index in [1.54, 1.807) is 6.26 Å². The number of ether oxygens (including phenoxy) is 1. The van der Waals surface area contributed by atoms with Crippen molar-refractivity contribution in [3.8, 4) is 0 Å². The predicted octanol–water partition coefficient (Wildman–Crippen LogP) is 0.505. The fourth-order valence-corrected chi connectivity index (χ4v) is 2.29. The predicted molar refractivity (Wildman–Crippen MR) is 75.1 cm³/mol. The molecule has 2 rings (SSSR count). The summed E-state index contributed by atoms with van der Waals surface area (Å²) >= 11 is 0. The quantitative estimate of drug-likeness (QED) is 0.821. The first-order valence-electron chi connectivity index (χ1n) is 6.98. The Morgan fingerprint density at radius 2 is 2.40 bits per heavy atom. The lowest BCUT2D eigenvalue weighted by Crippen LogP contribution is -2.51. The van der Waals surface area contributed by atoms with E-state index in [9.17, 15) is 4.79 Å². The SMILES string of the molecule is CC(NC(=O)CN1CCOC(C(C)N)C1)c1ccco1. The Bertz CT molecular complexity index is 419. The minimum absolute atomic E-state index is 0.000882. The summed E-state index contributed by atoms with van der Waals surface area (Å²) < 4.78 is 10.8. The zero-order valence-electron chi connectivity index (χ0n) is 12.0. The fraction of sp³-hybridized carbons (Fsp3) is 0.643. The van der Waals surface area contributed by atoms with Gasteiger partial charge in [-0.15, -0.1) is 0 Å². The number of carbonyl (C=O) groups is 1. The number of carbonyl (C=O) groups excluding carboxylic acids is 1. The van der Waals surface area contributed by atoms with Gasteiger partial charge in [0.2, 0.25) is 5.91 Å². The lowest BCUT2D eigenvalue weighted by Gasteiger charge is -2.34. The Morgan fingerprint density at radius 3 is 3.05 bits per heavy atom. The molecule has 3 unspecified atom stereocenters. The van der Waals surface area contributed by atoms with Crippen LogP contribution < -0.4 is 11.1 Å². The Labute approximate surface area is 119 Å². The van der Waals surface area contributed by atoms with Crippen molar-refractivity contribution in [1.82, 2.24) is 10.2 Å². The molecule has 0 aromatic carbocycles. The van der Waals surface area contributed by atoms with Gasteiger partial charge in [0, 0.05) is 19.1 Å². The van der Waals surface area contributed by atoms with E-state index in [0.29, 0.717) is 19.7 Å². The fourth-order valence-electron chi connectivity index (χ4n) is 2.29. The molecule has 0 bridgehead atoms. The van der Waals surface area contributed by atoms with E-state index >= 15 is 0 Å². The Balaban J connectivity index is 1.79. The summed E-state index contributed by atoms with van der Waals surface area (Å²) in [6.07, 6.45) is 1.60. The van der Waals surface area contributed by atoms with E-state index in [0.717, 1.165) is 12.3 Å². The summed E-state index contributed by atoms with van der Waals surface area (Å²) in [5.74, 6) is 0.744. The van der Waals surface area contributed by atoms with Crippen molar-refractivity contribution in [2.75, 3.05) is 26.2 Å². The largest absolute Gasteiger partial charge is 0.467 e. The minimum Gasteiger partial charge on any atom is -0.467 e. The van der Waals surface area contributed by atoms with Crippen LogP contribution >= 0.6 is 0 Å². The van der Waals surface area contributed by atoms with Crippen LogP contribution in [0.1, 0.15) is 25.6 Å². The highest BCUT2D eigenvalue weighted by Crippen LogP contribution is 2.12. The molecule has 1 aliphatic rings. The number of rotatable bonds is 5. The molecule has 0 spiro atoms.